The molecule has 1 amide bonds. The zero-order chi connectivity index (χ0) is 26.2. The van der Waals surface area contributed by atoms with Crippen LogP contribution in [0.2, 0.25) is 10.0 Å². The van der Waals surface area contributed by atoms with E-state index in [0.29, 0.717) is 11.4 Å². The Hall–Kier alpha value is -3.28. The molecule has 1 saturated carbocycles. The number of nitrogens with zero attached hydrogens (tertiary/aromatic N) is 2. The number of rotatable bonds is 8. The van der Waals surface area contributed by atoms with Gasteiger partial charge in [0.1, 0.15) is 10.6 Å². The molecular weight excluding hydrogens is 531 g/mol. The zero-order valence-corrected chi connectivity index (χ0v) is 21.6. The molecule has 2 aromatic carbocycles. The maximum atomic E-state index is 13.3. The molecule has 1 fully saturated rings. The number of nitrogens with one attached hydrogen (secondary N) is 2. The second-order valence-electron chi connectivity index (χ2n) is 8.23. The number of hydrogen-bond donors (Lipinski definition) is 2. The van der Waals surface area contributed by atoms with Crippen molar-refractivity contribution in [1.29, 1.82) is 0 Å². The number of aromatic nitrogens is 2. The third-order valence-corrected chi connectivity index (χ3v) is 7.88. The molecule has 13 heteroatoms. The topological polar surface area (TPSA) is 128 Å². The fraction of sp³-hybridized carbons (Fsp3) is 0.261. The summed E-state index contributed by atoms with van der Waals surface area (Å²) in [4.78, 5) is 36.9. The SMILES string of the molecule is Cc1c(NS(=O)(=O)c2cc(C(=O)OCC(=O)NC3CC3)cc(Cl)c2Cl)c(=O)n(-c2ccccc2)n1C. The van der Waals surface area contributed by atoms with Gasteiger partial charge in [-0.1, -0.05) is 41.4 Å². The van der Waals surface area contributed by atoms with Crippen LogP contribution in [0.15, 0.2) is 52.2 Å². The fourth-order valence-electron chi connectivity index (χ4n) is 3.46. The quantitative estimate of drug-likeness (QED) is 0.413. The molecule has 1 aliphatic rings. The predicted molar refractivity (Wildman–Crippen MR) is 134 cm³/mol. The van der Waals surface area contributed by atoms with Crippen molar-refractivity contribution >= 4 is 50.8 Å². The highest BCUT2D eigenvalue weighted by Gasteiger charge is 2.28. The van der Waals surface area contributed by atoms with Crippen LogP contribution in [0.1, 0.15) is 28.9 Å². The van der Waals surface area contributed by atoms with Crippen LogP contribution in [-0.2, 0) is 26.6 Å². The third-order valence-electron chi connectivity index (χ3n) is 5.59. The molecule has 0 saturated heterocycles. The number of anilines is 1. The summed E-state index contributed by atoms with van der Waals surface area (Å²) in [6, 6.07) is 10.9. The minimum absolute atomic E-state index is 0.0944. The summed E-state index contributed by atoms with van der Waals surface area (Å²) in [6.45, 7) is 1.05. The van der Waals surface area contributed by atoms with E-state index in [1.165, 1.54) is 9.36 Å². The van der Waals surface area contributed by atoms with Gasteiger partial charge in [-0.25, -0.2) is 17.9 Å². The van der Waals surface area contributed by atoms with Gasteiger partial charge in [0.25, 0.3) is 21.5 Å². The highest BCUT2D eigenvalue weighted by molar-refractivity contribution is 7.92. The number of hydrogen-bond acceptors (Lipinski definition) is 6. The summed E-state index contributed by atoms with van der Waals surface area (Å²) in [6.07, 6.45) is 1.75. The van der Waals surface area contributed by atoms with E-state index in [4.69, 9.17) is 27.9 Å². The Balaban J connectivity index is 1.63. The Bertz CT molecular complexity index is 1510. The number of benzene rings is 2. The highest BCUT2D eigenvalue weighted by atomic mass is 35.5. The summed E-state index contributed by atoms with van der Waals surface area (Å²) in [5.41, 5.74) is -0.153. The van der Waals surface area contributed by atoms with Gasteiger partial charge in [0.2, 0.25) is 0 Å². The van der Waals surface area contributed by atoms with Crippen LogP contribution in [0.3, 0.4) is 0 Å². The molecule has 4 rings (SSSR count). The van der Waals surface area contributed by atoms with Crippen molar-refractivity contribution in [2.24, 2.45) is 7.05 Å². The first-order chi connectivity index (χ1) is 17.0. The summed E-state index contributed by atoms with van der Waals surface area (Å²) in [7, 11) is -2.86. The van der Waals surface area contributed by atoms with Gasteiger partial charge in [-0.3, -0.25) is 19.0 Å². The maximum absolute atomic E-state index is 13.3. The molecular formula is C23H22Cl2N4O6S. The number of carbonyl (C=O) groups is 2. The monoisotopic (exact) mass is 552 g/mol. The van der Waals surface area contributed by atoms with Crippen LogP contribution in [0.25, 0.3) is 5.69 Å². The Morgan fingerprint density at radius 3 is 2.44 bits per heavy atom. The number of ether oxygens (including phenoxy) is 1. The number of amides is 1. The van der Waals surface area contributed by atoms with Gasteiger partial charge in [-0.15, -0.1) is 0 Å². The largest absolute Gasteiger partial charge is 0.452 e. The van der Waals surface area contributed by atoms with Crippen LogP contribution in [0.5, 0.6) is 0 Å². The predicted octanol–water partition coefficient (Wildman–Crippen LogP) is 3.03. The molecule has 1 aliphatic carbocycles. The first-order valence-corrected chi connectivity index (χ1v) is 13.1. The third kappa shape index (κ3) is 5.28. The van der Waals surface area contributed by atoms with Gasteiger partial charge in [-0.05, 0) is 44.0 Å². The van der Waals surface area contributed by atoms with Gasteiger partial charge in [0.15, 0.2) is 6.61 Å². The average molecular weight is 553 g/mol. The Kier molecular flexibility index (Phi) is 7.17. The van der Waals surface area contributed by atoms with E-state index in [1.54, 1.807) is 44.3 Å². The van der Waals surface area contributed by atoms with Crippen molar-refractivity contribution in [1.82, 2.24) is 14.7 Å². The van der Waals surface area contributed by atoms with Gasteiger partial charge in [0, 0.05) is 13.1 Å². The summed E-state index contributed by atoms with van der Waals surface area (Å²) in [5, 5.41) is 2.10. The van der Waals surface area contributed by atoms with Crippen LogP contribution in [-0.4, -0.2) is 42.3 Å². The molecule has 0 aliphatic heterocycles. The lowest BCUT2D eigenvalue weighted by Gasteiger charge is -2.12. The number of sulfonamides is 1. The summed E-state index contributed by atoms with van der Waals surface area (Å²) < 4.78 is 36.6. The van der Waals surface area contributed by atoms with Crippen LogP contribution in [0, 0.1) is 6.92 Å². The zero-order valence-electron chi connectivity index (χ0n) is 19.2. The number of esters is 1. The average Bonchev–Trinajstić information content (AvgIpc) is 3.63. The summed E-state index contributed by atoms with van der Waals surface area (Å²) in [5.74, 6) is -1.42. The van der Waals surface area contributed by atoms with Crippen LogP contribution >= 0.6 is 23.2 Å². The summed E-state index contributed by atoms with van der Waals surface area (Å²) >= 11 is 12.3. The molecule has 190 valence electrons. The van der Waals surface area contributed by atoms with E-state index in [0.717, 1.165) is 25.0 Å². The van der Waals surface area contributed by atoms with Gasteiger partial charge < -0.3 is 10.1 Å². The molecule has 0 atom stereocenters. The minimum atomic E-state index is -4.47. The van der Waals surface area contributed by atoms with Gasteiger partial charge in [0.05, 0.1) is 27.0 Å². The van der Waals surface area contributed by atoms with Gasteiger partial charge >= 0.3 is 5.97 Å². The molecule has 1 aromatic heterocycles. The van der Waals surface area contributed by atoms with E-state index in [1.807, 2.05) is 0 Å². The molecule has 0 radical (unpaired) electrons. The Labute approximate surface area is 216 Å². The Morgan fingerprint density at radius 1 is 1.14 bits per heavy atom. The smallest absolute Gasteiger partial charge is 0.338 e. The van der Waals surface area contributed by atoms with E-state index in [2.05, 4.69) is 10.0 Å². The van der Waals surface area contributed by atoms with Crippen molar-refractivity contribution in [3.8, 4) is 5.69 Å². The molecule has 2 N–H and O–H groups in total. The number of halogens is 2. The molecule has 0 spiro atoms. The second kappa shape index (κ2) is 10.00. The first kappa shape index (κ1) is 25.8. The maximum Gasteiger partial charge on any atom is 0.338 e. The lowest BCUT2D eigenvalue weighted by atomic mass is 10.2. The molecule has 0 unspecified atom stereocenters. The Morgan fingerprint density at radius 2 is 1.81 bits per heavy atom. The molecule has 36 heavy (non-hydrogen) atoms. The number of carbonyl (C=O) groups excluding carboxylic acids is 2. The fourth-order valence-corrected chi connectivity index (χ4v) is 5.39. The lowest BCUT2D eigenvalue weighted by Crippen LogP contribution is -2.30. The van der Waals surface area contributed by atoms with Crippen LogP contribution in [0.4, 0.5) is 5.69 Å². The molecule has 3 aromatic rings. The molecule has 0 bridgehead atoms. The minimum Gasteiger partial charge on any atom is -0.452 e. The van der Waals surface area contributed by atoms with E-state index < -0.39 is 39.0 Å². The van der Waals surface area contributed by atoms with Crippen molar-refractivity contribution in [3.05, 3.63) is 74.1 Å². The molecule has 10 nitrogen and oxygen atoms in total. The van der Waals surface area contributed by atoms with E-state index in [9.17, 15) is 22.8 Å². The van der Waals surface area contributed by atoms with Crippen molar-refractivity contribution in [3.63, 3.8) is 0 Å². The van der Waals surface area contributed by atoms with E-state index in [-0.39, 0.29) is 27.3 Å². The van der Waals surface area contributed by atoms with Crippen LogP contribution < -0.4 is 15.6 Å². The molecule has 1 heterocycles. The normalized spacial score (nSPS) is 13.3. The van der Waals surface area contributed by atoms with Gasteiger partial charge in [-0.2, -0.15) is 0 Å². The second-order valence-corrected chi connectivity index (χ2v) is 10.7. The van der Waals surface area contributed by atoms with E-state index >= 15 is 0 Å². The van der Waals surface area contributed by atoms with Crippen molar-refractivity contribution in [2.75, 3.05) is 11.3 Å². The number of para-hydroxylation sites is 1. The van der Waals surface area contributed by atoms with Crippen molar-refractivity contribution in [2.45, 2.75) is 30.7 Å². The van der Waals surface area contributed by atoms with Crippen molar-refractivity contribution < 1.29 is 22.7 Å². The standard InChI is InChI=1S/C23H22Cl2N4O6S/c1-13-21(22(31)29(28(13)2)16-6-4-3-5-7-16)27-36(33,34)18-11-14(10-17(24)20(18)25)23(32)35-12-19(30)26-15-8-9-15/h3-7,10-11,15,27H,8-9,12H2,1-2H3,(H,26,30). The highest BCUT2D eigenvalue weighted by Crippen LogP contribution is 2.32. The lowest BCUT2D eigenvalue weighted by molar-refractivity contribution is -0.124. The first-order valence-electron chi connectivity index (χ1n) is 10.8.